The molecule has 0 aliphatic rings. The molecule has 0 aliphatic heterocycles. The molecule has 9 heteroatoms. The van der Waals surface area contributed by atoms with Gasteiger partial charge in [0.15, 0.2) is 0 Å². The highest BCUT2D eigenvalue weighted by Crippen LogP contribution is 2.18. The number of hydrogen-bond donors (Lipinski definition) is 2. The van der Waals surface area contributed by atoms with E-state index in [1.54, 1.807) is 47.8 Å². The fourth-order valence-corrected chi connectivity index (χ4v) is 4.28. The van der Waals surface area contributed by atoms with Crippen LogP contribution in [-0.2, 0) is 16.1 Å². The minimum Gasteiger partial charge on any atom is -0.326 e. The number of thiophene rings is 1. The van der Waals surface area contributed by atoms with Gasteiger partial charge < -0.3 is 10.6 Å². The molecule has 32 heavy (non-hydrogen) atoms. The van der Waals surface area contributed by atoms with E-state index < -0.39 is 17.2 Å². The smallest absolute Gasteiger partial charge is 0.326 e. The van der Waals surface area contributed by atoms with Gasteiger partial charge >= 0.3 is 5.69 Å². The van der Waals surface area contributed by atoms with Crippen molar-refractivity contribution in [3.05, 3.63) is 86.4 Å². The Hall–Kier alpha value is -3.98. The number of nitrogens with one attached hydrogen (secondary N) is 2. The second-order valence-corrected chi connectivity index (χ2v) is 8.15. The predicted molar refractivity (Wildman–Crippen MR) is 126 cm³/mol. The molecule has 162 valence electrons. The summed E-state index contributed by atoms with van der Waals surface area (Å²) in [5, 5.41) is 7.12. The number of fused-ring (bicyclic) bond motifs is 1. The molecule has 0 aliphatic carbocycles. The van der Waals surface area contributed by atoms with Crippen molar-refractivity contribution in [3.63, 3.8) is 0 Å². The van der Waals surface area contributed by atoms with Gasteiger partial charge in [0.05, 0.1) is 11.2 Å². The van der Waals surface area contributed by atoms with Crippen LogP contribution in [0.3, 0.4) is 0 Å². The van der Waals surface area contributed by atoms with Crippen LogP contribution in [-0.4, -0.2) is 20.9 Å². The van der Waals surface area contributed by atoms with Crippen LogP contribution in [0.15, 0.2) is 69.6 Å². The van der Waals surface area contributed by atoms with Crippen LogP contribution in [0.1, 0.15) is 12.5 Å². The third-order valence-corrected chi connectivity index (χ3v) is 5.79. The standard InChI is InChI=1S/C23H20N4O4S/c1-14-5-3-4-6-18(14)27-22(30)21-19(11-12-32-21)26(23(27)31)13-20(29)25-17-9-7-16(8-10-17)24-15(2)28/h3-12H,13H2,1-2H3,(H,24,28)(H,25,29). The molecule has 0 saturated carbocycles. The van der Waals surface area contributed by atoms with E-state index in [0.29, 0.717) is 27.3 Å². The molecule has 2 N–H and O–H groups in total. The van der Waals surface area contributed by atoms with Crippen molar-refractivity contribution in [2.45, 2.75) is 20.4 Å². The summed E-state index contributed by atoms with van der Waals surface area (Å²) < 4.78 is 2.82. The van der Waals surface area contributed by atoms with E-state index >= 15 is 0 Å². The number of carbonyl (C=O) groups excluding carboxylic acids is 2. The van der Waals surface area contributed by atoms with Gasteiger partial charge in [0.25, 0.3) is 5.56 Å². The molecule has 0 radical (unpaired) electrons. The van der Waals surface area contributed by atoms with Crippen LogP contribution in [0, 0.1) is 6.92 Å². The van der Waals surface area contributed by atoms with Gasteiger partial charge in [-0.15, -0.1) is 11.3 Å². The summed E-state index contributed by atoms with van der Waals surface area (Å²) in [4.78, 5) is 50.2. The molecule has 4 aromatic rings. The Balaban J connectivity index is 1.69. The molecule has 2 amide bonds. The summed E-state index contributed by atoms with van der Waals surface area (Å²) in [6.45, 7) is 2.97. The molecular weight excluding hydrogens is 428 g/mol. The van der Waals surface area contributed by atoms with Crippen molar-refractivity contribution in [3.8, 4) is 5.69 Å². The van der Waals surface area contributed by atoms with Crippen molar-refractivity contribution in [1.82, 2.24) is 9.13 Å². The fraction of sp³-hybridized carbons (Fsp3) is 0.130. The zero-order chi connectivity index (χ0) is 22.8. The van der Waals surface area contributed by atoms with E-state index in [1.165, 1.54) is 22.8 Å². The third kappa shape index (κ3) is 4.10. The van der Waals surface area contributed by atoms with E-state index in [4.69, 9.17) is 0 Å². The Kier molecular flexibility index (Phi) is 5.74. The Morgan fingerprint density at radius 3 is 2.25 bits per heavy atom. The van der Waals surface area contributed by atoms with Gasteiger partial charge in [-0.05, 0) is 54.3 Å². The largest absolute Gasteiger partial charge is 0.336 e. The Morgan fingerprint density at radius 2 is 1.59 bits per heavy atom. The van der Waals surface area contributed by atoms with E-state index in [1.807, 2.05) is 19.1 Å². The summed E-state index contributed by atoms with van der Waals surface area (Å²) in [6, 6.07) is 15.4. The quantitative estimate of drug-likeness (QED) is 0.490. The van der Waals surface area contributed by atoms with Crippen LogP contribution in [0.25, 0.3) is 15.9 Å². The highest BCUT2D eigenvalue weighted by molar-refractivity contribution is 7.17. The average Bonchev–Trinajstić information content (AvgIpc) is 3.24. The summed E-state index contributed by atoms with van der Waals surface area (Å²) >= 11 is 1.23. The number of anilines is 2. The normalized spacial score (nSPS) is 10.8. The highest BCUT2D eigenvalue weighted by atomic mass is 32.1. The van der Waals surface area contributed by atoms with Crippen LogP contribution >= 0.6 is 11.3 Å². The maximum atomic E-state index is 13.3. The molecule has 0 spiro atoms. The Bertz CT molecular complexity index is 1450. The number of aromatic nitrogens is 2. The van der Waals surface area contributed by atoms with E-state index in [0.717, 1.165) is 10.1 Å². The summed E-state index contributed by atoms with van der Waals surface area (Å²) in [6.07, 6.45) is 0. The molecule has 2 aromatic carbocycles. The van der Waals surface area contributed by atoms with Crippen LogP contribution in [0.5, 0.6) is 0 Å². The number of rotatable bonds is 5. The monoisotopic (exact) mass is 448 g/mol. The van der Waals surface area contributed by atoms with Crippen molar-refractivity contribution >= 4 is 44.7 Å². The van der Waals surface area contributed by atoms with Gasteiger partial charge in [-0.25, -0.2) is 9.36 Å². The first-order chi connectivity index (χ1) is 15.3. The first-order valence-electron chi connectivity index (χ1n) is 9.81. The molecule has 2 aromatic heterocycles. The van der Waals surface area contributed by atoms with Gasteiger partial charge in [-0.3, -0.25) is 19.0 Å². The van der Waals surface area contributed by atoms with Gasteiger partial charge in [0.1, 0.15) is 11.2 Å². The summed E-state index contributed by atoms with van der Waals surface area (Å²) in [5.41, 5.74) is 1.83. The van der Waals surface area contributed by atoms with Gasteiger partial charge in [0, 0.05) is 18.3 Å². The first-order valence-corrected chi connectivity index (χ1v) is 10.7. The van der Waals surface area contributed by atoms with Crippen LogP contribution in [0.2, 0.25) is 0 Å². The van der Waals surface area contributed by atoms with E-state index in [2.05, 4.69) is 10.6 Å². The average molecular weight is 449 g/mol. The van der Waals surface area contributed by atoms with Gasteiger partial charge in [0.2, 0.25) is 11.8 Å². The number of para-hydroxylation sites is 1. The number of amides is 2. The number of carbonyl (C=O) groups is 2. The maximum absolute atomic E-state index is 13.3. The molecular formula is C23H20N4O4S. The SMILES string of the molecule is CC(=O)Nc1ccc(NC(=O)Cn2c(=O)n(-c3ccccc3C)c(=O)c3sccc32)cc1. The molecule has 0 atom stereocenters. The van der Waals surface area contributed by atoms with Crippen molar-refractivity contribution in [2.24, 2.45) is 0 Å². The van der Waals surface area contributed by atoms with E-state index in [9.17, 15) is 19.2 Å². The number of aryl methyl sites for hydroxylation is 1. The summed E-state index contributed by atoms with van der Waals surface area (Å²) in [5.74, 6) is -0.605. The Labute approximate surface area is 186 Å². The van der Waals surface area contributed by atoms with Gasteiger partial charge in [-0.1, -0.05) is 18.2 Å². The molecule has 0 saturated heterocycles. The zero-order valence-corrected chi connectivity index (χ0v) is 18.2. The fourth-order valence-electron chi connectivity index (χ4n) is 3.45. The first kappa shape index (κ1) is 21.3. The summed E-state index contributed by atoms with van der Waals surface area (Å²) in [7, 11) is 0. The Morgan fingerprint density at radius 1 is 0.938 bits per heavy atom. The predicted octanol–water partition coefficient (Wildman–Crippen LogP) is 3.12. The minimum atomic E-state index is -0.577. The molecule has 8 nitrogen and oxygen atoms in total. The second kappa shape index (κ2) is 8.64. The number of benzene rings is 2. The lowest BCUT2D eigenvalue weighted by Crippen LogP contribution is -2.40. The third-order valence-electron chi connectivity index (χ3n) is 4.90. The molecule has 0 unspecified atom stereocenters. The van der Waals surface area contributed by atoms with Crippen molar-refractivity contribution < 1.29 is 9.59 Å². The van der Waals surface area contributed by atoms with Crippen molar-refractivity contribution in [1.29, 1.82) is 0 Å². The maximum Gasteiger partial charge on any atom is 0.336 e. The van der Waals surface area contributed by atoms with Gasteiger partial charge in [-0.2, -0.15) is 0 Å². The second-order valence-electron chi connectivity index (χ2n) is 7.24. The van der Waals surface area contributed by atoms with Crippen molar-refractivity contribution in [2.75, 3.05) is 10.6 Å². The highest BCUT2D eigenvalue weighted by Gasteiger charge is 2.18. The topological polar surface area (TPSA) is 102 Å². The number of hydrogen-bond acceptors (Lipinski definition) is 5. The zero-order valence-electron chi connectivity index (χ0n) is 17.4. The number of nitrogens with zero attached hydrogens (tertiary/aromatic N) is 2. The van der Waals surface area contributed by atoms with E-state index in [-0.39, 0.29) is 12.5 Å². The lowest BCUT2D eigenvalue weighted by molar-refractivity contribution is -0.117. The lowest BCUT2D eigenvalue weighted by atomic mass is 10.2. The van der Waals surface area contributed by atoms with Crippen LogP contribution < -0.4 is 21.9 Å². The minimum absolute atomic E-state index is 0.190. The molecule has 4 rings (SSSR count). The molecule has 0 fully saturated rings. The molecule has 0 bridgehead atoms. The lowest BCUT2D eigenvalue weighted by Gasteiger charge is -2.14. The molecule has 2 heterocycles. The van der Waals surface area contributed by atoms with Crippen LogP contribution in [0.4, 0.5) is 11.4 Å².